The maximum absolute atomic E-state index is 13.7. The van der Waals surface area contributed by atoms with Crippen LogP contribution in [0.3, 0.4) is 0 Å². The first-order valence-electron chi connectivity index (χ1n) is 11.3. The van der Waals surface area contributed by atoms with E-state index in [2.05, 4.69) is 0 Å². The van der Waals surface area contributed by atoms with Gasteiger partial charge in [0.2, 0.25) is 5.43 Å². The van der Waals surface area contributed by atoms with Crippen molar-refractivity contribution >= 4 is 11.0 Å². The molecule has 178 valence electrons. The number of phenols is 2. The number of phenolic OH excluding ortho intramolecular Hbond substituents is 2. The zero-order valence-corrected chi connectivity index (χ0v) is 19.6. The van der Waals surface area contributed by atoms with Crippen LogP contribution in [0.5, 0.6) is 23.0 Å². The van der Waals surface area contributed by atoms with E-state index in [1.54, 1.807) is 12.1 Å². The van der Waals surface area contributed by atoms with E-state index in [4.69, 9.17) is 23.4 Å². The van der Waals surface area contributed by atoms with E-state index in [0.717, 1.165) is 0 Å². The summed E-state index contributed by atoms with van der Waals surface area (Å²) < 4.78 is 29.2. The van der Waals surface area contributed by atoms with Gasteiger partial charge in [0.25, 0.3) is 0 Å². The van der Waals surface area contributed by atoms with Gasteiger partial charge in [0.05, 0.1) is 29.9 Å². The molecule has 3 aliphatic rings. The second-order valence-corrected chi connectivity index (χ2v) is 10.2. The standard InChI is InChI=1S/C26H26O8/c1-25(2)16(33-25)9-12-19(28)17-20(29)13(11-6-7-14(27)15(8-11)30-5)10-31-22(17)18-21(12)34-26(3,4)24-23(18)32-24/h6-8,10,16,23-24,27-28H,9H2,1-5H3. The zero-order chi connectivity index (χ0) is 24.2. The number of hydrogen-bond donors (Lipinski definition) is 2. The van der Waals surface area contributed by atoms with Crippen molar-refractivity contribution in [1.29, 1.82) is 0 Å². The molecule has 8 nitrogen and oxygen atoms in total. The summed E-state index contributed by atoms with van der Waals surface area (Å²) in [6.07, 6.45) is 1.19. The van der Waals surface area contributed by atoms with Crippen molar-refractivity contribution in [2.45, 2.75) is 63.6 Å². The summed E-state index contributed by atoms with van der Waals surface area (Å²) in [6.45, 7) is 7.86. The van der Waals surface area contributed by atoms with Crippen LogP contribution in [0.4, 0.5) is 0 Å². The molecule has 8 heteroatoms. The Hall–Kier alpha value is -3.23. The van der Waals surface area contributed by atoms with Crippen LogP contribution in [0, 0.1) is 0 Å². The van der Waals surface area contributed by atoms with Gasteiger partial charge in [0, 0.05) is 12.0 Å². The lowest BCUT2D eigenvalue weighted by Crippen LogP contribution is -2.38. The molecule has 3 atom stereocenters. The van der Waals surface area contributed by atoms with Gasteiger partial charge in [-0.05, 0) is 45.4 Å². The van der Waals surface area contributed by atoms with Gasteiger partial charge >= 0.3 is 0 Å². The topological polar surface area (TPSA) is 114 Å². The van der Waals surface area contributed by atoms with Gasteiger partial charge in [0.15, 0.2) is 17.1 Å². The van der Waals surface area contributed by atoms with Crippen molar-refractivity contribution < 1.29 is 33.6 Å². The number of methoxy groups -OCH3 is 1. The van der Waals surface area contributed by atoms with Crippen molar-refractivity contribution in [2.24, 2.45) is 0 Å². The predicted molar refractivity (Wildman–Crippen MR) is 123 cm³/mol. The first-order chi connectivity index (χ1) is 16.0. The van der Waals surface area contributed by atoms with Gasteiger partial charge < -0.3 is 33.6 Å². The summed E-state index contributed by atoms with van der Waals surface area (Å²) in [7, 11) is 1.43. The molecular formula is C26H26O8. The molecule has 0 amide bonds. The highest BCUT2D eigenvalue weighted by atomic mass is 16.6. The van der Waals surface area contributed by atoms with Crippen LogP contribution in [0.15, 0.2) is 33.7 Å². The van der Waals surface area contributed by atoms with E-state index in [1.165, 1.54) is 19.4 Å². The lowest BCUT2D eigenvalue weighted by molar-refractivity contribution is 0.0710. The second kappa shape index (κ2) is 6.67. The van der Waals surface area contributed by atoms with E-state index in [-0.39, 0.29) is 57.7 Å². The van der Waals surface area contributed by atoms with Gasteiger partial charge in [-0.1, -0.05) is 6.07 Å². The molecular weight excluding hydrogens is 440 g/mol. The normalized spacial score (nSPS) is 25.3. The smallest absolute Gasteiger partial charge is 0.204 e. The van der Waals surface area contributed by atoms with Crippen molar-refractivity contribution in [2.75, 3.05) is 7.11 Å². The molecule has 2 N–H and O–H groups in total. The molecule has 1 aromatic heterocycles. The van der Waals surface area contributed by atoms with E-state index in [0.29, 0.717) is 28.9 Å². The fourth-order valence-electron chi connectivity index (χ4n) is 5.00. The highest BCUT2D eigenvalue weighted by Gasteiger charge is 2.59. The Morgan fingerprint density at radius 1 is 1.12 bits per heavy atom. The van der Waals surface area contributed by atoms with Crippen LogP contribution in [0.1, 0.15) is 44.9 Å². The van der Waals surface area contributed by atoms with Crippen LogP contribution in [-0.4, -0.2) is 40.7 Å². The van der Waals surface area contributed by atoms with Crippen LogP contribution < -0.4 is 14.9 Å². The zero-order valence-electron chi connectivity index (χ0n) is 19.6. The summed E-state index contributed by atoms with van der Waals surface area (Å²) >= 11 is 0. The highest BCUT2D eigenvalue weighted by molar-refractivity contribution is 5.93. The van der Waals surface area contributed by atoms with Gasteiger partial charge in [0.1, 0.15) is 41.0 Å². The Bertz CT molecular complexity index is 1420. The predicted octanol–water partition coefficient (Wildman–Crippen LogP) is 4.21. The van der Waals surface area contributed by atoms with Crippen molar-refractivity contribution in [3.63, 3.8) is 0 Å². The van der Waals surface area contributed by atoms with Gasteiger partial charge in [-0.2, -0.15) is 0 Å². The maximum atomic E-state index is 13.7. The molecule has 3 unspecified atom stereocenters. The first kappa shape index (κ1) is 21.3. The number of benzene rings is 2. The molecule has 0 radical (unpaired) electrons. The third-order valence-corrected chi connectivity index (χ3v) is 7.15. The number of rotatable bonds is 4. The quantitative estimate of drug-likeness (QED) is 0.550. The molecule has 3 aliphatic heterocycles. The maximum Gasteiger partial charge on any atom is 0.204 e. The largest absolute Gasteiger partial charge is 0.507 e. The third kappa shape index (κ3) is 2.95. The number of fused-ring (bicyclic) bond motifs is 5. The molecule has 2 aromatic carbocycles. The third-order valence-electron chi connectivity index (χ3n) is 7.15. The second-order valence-electron chi connectivity index (χ2n) is 10.2. The molecule has 4 heterocycles. The summed E-state index contributed by atoms with van der Waals surface area (Å²) in [5.74, 6) is 0.517. The highest BCUT2D eigenvalue weighted by Crippen LogP contribution is 2.59. The lowest BCUT2D eigenvalue weighted by Gasteiger charge is -2.31. The minimum Gasteiger partial charge on any atom is -0.507 e. The Balaban J connectivity index is 1.60. The summed E-state index contributed by atoms with van der Waals surface area (Å²) in [5.41, 5.74) is 0.865. The Kier molecular flexibility index (Phi) is 4.18. The Labute approximate surface area is 195 Å². The molecule has 0 spiro atoms. The molecule has 0 bridgehead atoms. The first-order valence-corrected chi connectivity index (χ1v) is 11.3. The molecule has 2 fully saturated rings. The van der Waals surface area contributed by atoms with Crippen LogP contribution >= 0.6 is 0 Å². The Morgan fingerprint density at radius 2 is 1.85 bits per heavy atom. The molecule has 0 saturated carbocycles. The van der Waals surface area contributed by atoms with Crippen LogP contribution in [0.25, 0.3) is 22.1 Å². The van der Waals surface area contributed by atoms with Gasteiger partial charge in [-0.3, -0.25) is 4.79 Å². The average molecular weight is 466 g/mol. The summed E-state index contributed by atoms with van der Waals surface area (Å²) in [6, 6.07) is 4.59. The fraction of sp³-hybridized carbons (Fsp3) is 0.423. The molecule has 6 rings (SSSR count). The lowest BCUT2D eigenvalue weighted by atomic mass is 9.88. The Morgan fingerprint density at radius 3 is 2.53 bits per heavy atom. The van der Waals surface area contributed by atoms with Gasteiger partial charge in [-0.25, -0.2) is 0 Å². The number of aromatic hydroxyl groups is 2. The molecule has 2 saturated heterocycles. The number of ether oxygens (including phenoxy) is 4. The van der Waals surface area contributed by atoms with E-state index >= 15 is 0 Å². The van der Waals surface area contributed by atoms with E-state index in [9.17, 15) is 15.0 Å². The molecule has 0 aliphatic carbocycles. The van der Waals surface area contributed by atoms with Gasteiger partial charge in [-0.15, -0.1) is 0 Å². The minimum atomic E-state index is -0.588. The SMILES string of the molecule is COc1cc(-c2coc3c4c(c(CC5OC5(C)C)c(O)c3c2=O)OC(C)(C)C2OC42)ccc1O. The molecule has 3 aromatic rings. The van der Waals surface area contributed by atoms with Crippen molar-refractivity contribution in [3.05, 3.63) is 45.8 Å². The van der Waals surface area contributed by atoms with E-state index < -0.39 is 11.0 Å². The fourth-order valence-corrected chi connectivity index (χ4v) is 5.00. The van der Waals surface area contributed by atoms with Crippen LogP contribution in [-0.2, 0) is 15.9 Å². The molecule has 34 heavy (non-hydrogen) atoms. The number of epoxide rings is 2. The summed E-state index contributed by atoms with van der Waals surface area (Å²) in [4.78, 5) is 13.7. The average Bonchev–Trinajstić information content (AvgIpc) is 3.68. The van der Waals surface area contributed by atoms with E-state index in [1.807, 2.05) is 27.7 Å². The van der Waals surface area contributed by atoms with Crippen molar-refractivity contribution in [1.82, 2.24) is 0 Å². The minimum absolute atomic E-state index is 0.0423. The monoisotopic (exact) mass is 466 g/mol. The number of hydrogen-bond acceptors (Lipinski definition) is 8. The van der Waals surface area contributed by atoms with Crippen molar-refractivity contribution in [3.8, 4) is 34.1 Å². The van der Waals surface area contributed by atoms with Crippen LogP contribution in [0.2, 0.25) is 0 Å². The summed E-state index contributed by atoms with van der Waals surface area (Å²) in [5, 5.41) is 21.4.